The maximum atomic E-state index is 8.72. The third-order valence-electron chi connectivity index (χ3n) is 3.52. The highest BCUT2D eigenvalue weighted by Gasteiger charge is 2.20. The largest absolute Gasteiger partial charge is 0.369 e. The van der Waals surface area contributed by atoms with Gasteiger partial charge in [0.15, 0.2) is 0 Å². The van der Waals surface area contributed by atoms with Crippen molar-refractivity contribution in [2.24, 2.45) is 0 Å². The van der Waals surface area contributed by atoms with Crippen LogP contribution in [0.3, 0.4) is 0 Å². The molecule has 0 amide bonds. The van der Waals surface area contributed by atoms with Crippen molar-refractivity contribution in [3.8, 4) is 6.07 Å². The van der Waals surface area contributed by atoms with E-state index in [1.165, 1.54) is 5.69 Å². The summed E-state index contributed by atoms with van der Waals surface area (Å²) in [5, 5.41) is 9.50. The van der Waals surface area contributed by atoms with Gasteiger partial charge in [-0.05, 0) is 31.2 Å². The predicted octanol–water partition coefficient (Wildman–Crippen LogP) is 2.76. The smallest absolute Gasteiger partial charge is 0.0638 e. The van der Waals surface area contributed by atoms with Crippen LogP contribution in [0.15, 0.2) is 24.3 Å². The number of halogens is 1. The molecule has 1 aliphatic heterocycles. The van der Waals surface area contributed by atoms with E-state index in [1.807, 2.05) is 12.1 Å². The summed E-state index contributed by atoms with van der Waals surface area (Å²) in [6, 6.07) is 10.6. The van der Waals surface area contributed by atoms with Gasteiger partial charge in [0.05, 0.1) is 12.5 Å². The van der Waals surface area contributed by atoms with Crippen LogP contribution < -0.4 is 4.90 Å². The quantitative estimate of drug-likeness (QED) is 0.840. The van der Waals surface area contributed by atoms with Gasteiger partial charge in [0, 0.05) is 42.9 Å². The molecule has 1 saturated heterocycles. The van der Waals surface area contributed by atoms with Crippen LogP contribution in [-0.4, -0.2) is 37.1 Å². The Morgan fingerprint density at radius 3 is 2.39 bits per heavy atom. The molecular formula is C14H18ClN3. The summed E-state index contributed by atoms with van der Waals surface area (Å²) in [7, 11) is 0. The zero-order valence-electron chi connectivity index (χ0n) is 10.6. The number of nitriles is 1. The van der Waals surface area contributed by atoms with E-state index in [0.29, 0.717) is 12.5 Å². The third kappa shape index (κ3) is 3.16. The fraction of sp³-hybridized carbons (Fsp3) is 0.500. The van der Waals surface area contributed by atoms with Crippen molar-refractivity contribution < 1.29 is 0 Å². The lowest BCUT2D eigenvalue weighted by Crippen LogP contribution is -2.49. The first-order valence-electron chi connectivity index (χ1n) is 6.32. The lowest BCUT2D eigenvalue weighted by Gasteiger charge is -2.38. The van der Waals surface area contributed by atoms with E-state index in [1.54, 1.807) is 0 Å². The molecule has 3 nitrogen and oxygen atoms in total. The van der Waals surface area contributed by atoms with Crippen LogP contribution in [0.5, 0.6) is 0 Å². The van der Waals surface area contributed by atoms with Gasteiger partial charge in [-0.3, -0.25) is 4.90 Å². The number of nitrogens with zero attached hydrogens (tertiary/aromatic N) is 3. The van der Waals surface area contributed by atoms with Crippen molar-refractivity contribution in [3.05, 3.63) is 29.3 Å². The van der Waals surface area contributed by atoms with Gasteiger partial charge in [-0.25, -0.2) is 0 Å². The molecular weight excluding hydrogens is 246 g/mol. The first-order valence-corrected chi connectivity index (χ1v) is 6.70. The Hall–Kier alpha value is -1.24. The number of hydrogen-bond acceptors (Lipinski definition) is 3. The number of benzene rings is 1. The van der Waals surface area contributed by atoms with E-state index in [2.05, 4.69) is 34.9 Å². The SMILES string of the molecule is CC(CC#N)N1CCN(c2ccc(Cl)cc2)CC1. The van der Waals surface area contributed by atoms with Crippen molar-refractivity contribution in [1.82, 2.24) is 4.90 Å². The highest BCUT2D eigenvalue weighted by molar-refractivity contribution is 6.30. The van der Waals surface area contributed by atoms with Crippen LogP contribution in [0.1, 0.15) is 13.3 Å². The molecule has 0 spiro atoms. The molecule has 18 heavy (non-hydrogen) atoms. The molecule has 1 heterocycles. The molecule has 2 rings (SSSR count). The van der Waals surface area contributed by atoms with Gasteiger partial charge >= 0.3 is 0 Å². The minimum atomic E-state index is 0.363. The van der Waals surface area contributed by atoms with Gasteiger partial charge < -0.3 is 4.90 Å². The molecule has 4 heteroatoms. The lowest BCUT2D eigenvalue weighted by atomic mass is 10.1. The minimum Gasteiger partial charge on any atom is -0.369 e. The Bertz CT molecular complexity index is 416. The maximum Gasteiger partial charge on any atom is 0.0638 e. The highest BCUT2D eigenvalue weighted by atomic mass is 35.5. The molecule has 96 valence electrons. The predicted molar refractivity (Wildman–Crippen MR) is 74.9 cm³/mol. The van der Waals surface area contributed by atoms with Crippen molar-refractivity contribution >= 4 is 17.3 Å². The molecule has 1 aromatic carbocycles. The average Bonchev–Trinajstić information content (AvgIpc) is 2.40. The standard InChI is InChI=1S/C14H18ClN3/c1-12(6-7-16)17-8-10-18(11-9-17)14-4-2-13(15)3-5-14/h2-5,12H,6,8-11H2,1H3. The molecule has 1 aliphatic rings. The Kier molecular flexibility index (Phi) is 4.46. The maximum absolute atomic E-state index is 8.72. The van der Waals surface area contributed by atoms with E-state index in [4.69, 9.17) is 16.9 Å². The summed E-state index contributed by atoms with van der Waals surface area (Å²) in [5.74, 6) is 0. The van der Waals surface area contributed by atoms with Crippen molar-refractivity contribution in [2.45, 2.75) is 19.4 Å². The highest BCUT2D eigenvalue weighted by Crippen LogP contribution is 2.20. The fourth-order valence-electron chi connectivity index (χ4n) is 2.33. The first kappa shape index (κ1) is 13.2. The van der Waals surface area contributed by atoms with E-state index in [-0.39, 0.29) is 0 Å². The Labute approximate surface area is 114 Å². The molecule has 0 bridgehead atoms. The monoisotopic (exact) mass is 263 g/mol. The minimum absolute atomic E-state index is 0.363. The summed E-state index contributed by atoms with van der Waals surface area (Å²) < 4.78 is 0. The van der Waals surface area contributed by atoms with Gasteiger partial charge in [0.1, 0.15) is 0 Å². The molecule has 1 aromatic rings. The van der Waals surface area contributed by atoms with Crippen LogP contribution in [-0.2, 0) is 0 Å². The fourth-order valence-corrected chi connectivity index (χ4v) is 2.46. The number of rotatable bonds is 3. The lowest BCUT2D eigenvalue weighted by molar-refractivity contribution is 0.199. The molecule has 0 aromatic heterocycles. The normalized spacial score (nSPS) is 18.4. The van der Waals surface area contributed by atoms with Crippen molar-refractivity contribution in [3.63, 3.8) is 0 Å². The Morgan fingerprint density at radius 2 is 1.83 bits per heavy atom. The zero-order chi connectivity index (χ0) is 13.0. The van der Waals surface area contributed by atoms with E-state index >= 15 is 0 Å². The second-order valence-corrected chi connectivity index (χ2v) is 5.15. The molecule has 0 saturated carbocycles. The Balaban J connectivity index is 1.90. The summed E-state index contributed by atoms with van der Waals surface area (Å²) in [6.07, 6.45) is 0.612. The van der Waals surface area contributed by atoms with Crippen molar-refractivity contribution in [1.29, 1.82) is 5.26 Å². The zero-order valence-corrected chi connectivity index (χ0v) is 11.4. The number of hydrogen-bond donors (Lipinski definition) is 0. The van der Waals surface area contributed by atoms with Gasteiger partial charge in [0.2, 0.25) is 0 Å². The summed E-state index contributed by atoms with van der Waals surface area (Å²) in [4.78, 5) is 4.75. The topological polar surface area (TPSA) is 30.3 Å². The van der Waals surface area contributed by atoms with E-state index < -0.39 is 0 Å². The van der Waals surface area contributed by atoms with E-state index in [9.17, 15) is 0 Å². The summed E-state index contributed by atoms with van der Waals surface area (Å²) >= 11 is 5.89. The van der Waals surface area contributed by atoms with Crippen LogP contribution in [0.2, 0.25) is 5.02 Å². The third-order valence-corrected chi connectivity index (χ3v) is 3.77. The molecule has 0 N–H and O–H groups in total. The second kappa shape index (κ2) is 6.08. The molecule has 0 aliphatic carbocycles. The summed E-state index contributed by atoms with van der Waals surface area (Å²) in [5.41, 5.74) is 1.23. The van der Waals surface area contributed by atoms with Crippen LogP contribution in [0, 0.1) is 11.3 Å². The van der Waals surface area contributed by atoms with Crippen molar-refractivity contribution in [2.75, 3.05) is 31.1 Å². The number of anilines is 1. The van der Waals surface area contributed by atoms with Gasteiger partial charge in [0.25, 0.3) is 0 Å². The van der Waals surface area contributed by atoms with Crippen LogP contribution in [0.25, 0.3) is 0 Å². The van der Waals surface area contributed by atoms with Crippen LogP contribution >= 0.6 is 11.6 Å². The molecule has 1 atom stereocenters. The molecule has 1 unspecified atom stereocenters. The van der Waals surface area contributed by atoms with E-state index in [0.717, 1.165) is 31.2 Å². The average molecular weight is 264 g/mol. The van der Waals surface area contributed by atoms with Gasteiger partial charge in [-0.15, -0.1) is 0 Å². The molecule has 1 fully saturated rings. The first-order chi connectivity index (χ1) is 8.70. The Morgan fingerprint density at radius 1 is 1.22 bits per heavy atom. The number of piperazine rings is 1. The van der Waals surface area contributed by atoms with Gasteiger partial charge in [-0.2, -0.15) is 5.26 Å². The second-order valence-electron chi connectivity index (χ2n) is 4.71. The van der Waals surface area contributed by atoms with Crippen LogP contribution in [0.4, 0.5) is 5.69 Å². The molecule has 0 radical (unpaired) electrons. The van der Waals surface area contributed by atoms with Gasteiger partial charge in [-0.1, -0.05) is 11.6 Å². The summed E-state index contributed by atoms with van der Waals surface area (Å²) in [6.45, 7) is 6.19.